The summed E-state index contributed by atoms with van der Waals surface area (Å²) in [5.41, 5.74) is 0.458. The fourth-order valence-corrected chi connectivity index (χ4v) is 3.14. The van der Waals surface area contributed by atoms with Gasteiger partial charge in [-0.25, -0.2) is 0 Å². The first-order valence-corrected chi connectivity index (χ1v) is 6.51. The van der Waals surface area contributed by atoms with Crippen molar-refractivity contribution in [3.05, 3.63) is 0 Å². The van der Waals surface area contributed by atoms with Crippen molar-refractivity contribution in [3.63, 3.8) is 0 Å². The summed E-state index contributed by atoms with van der Waals surface area (Å²) in [4.78, 5) is 0. The van der Waals surface area contributed by atoms with Gasteiger partial charge in [0.05, 0.1) is 0 Å². The molecule has 0 saturated carbocycles. The molecule has 3 unspecified atom stereocenters. The van der Waals surface area contributed by atoms with Crippen molar-refractivity contribution < 1.29 is 0 Å². The van der Waals surface area contributed by atoms with Crippen molar-refractivity contribution in [2.24, 2.45) is 11.3 Å². The topological polar surface area (TPSA) is 24.1 Å². The molecule has 2 rings (SSSR count). The molecule has 0 amide bonds. The lowest BCUT2D eigenvalue weighted by Crippen LogP contribution is -2.55. The molecule has 2 heterocycles. The maximum Gasteiger partial charge on any atom is 0.0122 e. The molecule has 0 aromatic heterocycles. The highest BCUT2D eigenvalue weighted by Crippen LogP contribution is 2.29. The summed E-state index contributed by atoms with van der Waals surface area (Å²) < 4.78 is 0. The summed E-state index contributed by atoms with van der Waals surface area (Å²) in [6.45, 7) is 9.50. The minimum absolute atomic E-state index is 0.458. The second-order valence-corrected chi connectivity index (χ2v) is 6.57. The van der Waals surface area contributed by atoms with Crippen LogP contribution in [0.1, 0.15) is 46.5 Å². The largest absolute Gasteiger partial charge is 0.314 e. The van der Waals surface area contributed by atoms with Crippen LogP contribution in [0, 0.1) is 11.3 Å². The molecule has 0 aliphatic carbocycles. The van der Waals surface area contributed by atoms with E-state index in [4.69, 9.17) is 0 Å². The number of rotatable bonds is 1. The first-order chi connectivity index (χ1) is 7.04. The summed E-state index contributed by atoms with van der Waals surface area (Å²) in [6, 6.07) is 1.53. The van der Waals surface area contributed by atoms with Gasteiger partial charge in [-0.1, -0.05) is 20.8 Å². The van der Waals surface area contributed by atoms with Crippen LogP contribution in [-0.4, -0.2) is 25.2 Å². The van der Waals surface area contributed by atoms with E-state index < -0.39 is 0 Å². The molecule has 2 heteroatoms. The Kier molecular flexibility index (Phi) is 3.36. The molecule has 15 heavy (non-hydrogen) atoms. The Balaban J connectivity index is 1.85. The van der Waals surface area contributed by atoms with Gasteiger partial charge in [0.2, 0.25) is 0 Å². The highest BCUT2D eigenvalue weighted by molar-refractivity contribution is 4.92. The van der Waals surface area contributed by atoms with Crippen LogP contribution in [0.3, 0.4) is 0 Å². The zero-order valence-electron chi connectivity index (χ0n) is 10.5. The van der Waals surface area contributed by atoms with E-state index in [1.807, 2.05) is 0 Å². The van der Waals surface area contributed by atoms with E-state index in [0.29, 0.717) is 5.41 Å². The highest BCUT2D eigenvalue weighted by atomic mass is 15.0. The van der Waals surface area contributed by atoms with E-state index in [2.05, 4.69) is 31.4 Å². The Labute approximate surface area is 94.2 Å². The molecule has 2 nitrogen and oxygen atoms in total. The summed E-state index contributed by atoms with van der Waals surface area (Å²) in [5.74, 6) is 0.898. The molecule has 2 fully saturated rings. The number of hydrogen-bond donors (Lipinski definition) is 2. The van der Waals surface area contributed by atoms with Gasteiger partial charge < -0.3 is 10.6 Å². The third-order valence-electron chi connectivity index (χ3n) is 3.79. The van der Waals surface area contributed by atoms with Crippen molar-refractivity contribution >= 4 is 0 Å². The molecule has 2 aliphatic rings. The molecule has 0 spiro atoms. The fraction of sp³-hybridized carbons (Fsp3) is 1.00. The number of hydrogen-bond acceptors (Lipinski definition) is 2. The summed E-state index contributed by atoms with van der Waals surface area (Å²) in [6.07, 6.45) is 5.43. The molecule has 2 N–H and O–H groups in total. The maximum atomic E-state index is 3.73. The lowest BCUT2D eigenvalue weighted by molar-refractivity contribution is 0.165. The Morgan fingerprint density at radius 1 is 1.20 bits per heavy atom. The van der Waals surface area contributed by atoms with E-state index >= 15 is 0 Å². The lowest BCUT2D eigenvalue weighted by Gasteiger charge is -2.42. The molecule has 3 atom stereocenters. The average molecular weight is 210 g/mol. The summed E-state index contributed by atoms with van der Waals surface area (Å²) >= 11 is 0. The first-order valence-electron chi connectivity index (χ1n) is 6.51. The zero-order chi connectivity index (χ0) is 10.9. The Morgan fingerprint density at radius 2 is 2.00 bits per heavy atom. The van der Waals surface area contributed by atoms with Gasteiger partial charge in [0.25, 0.3) is 0 Å². The normalized spacial score (nSPS) is 37.4. The molecule has 2 saturated heterocycles. The third kappa shape index (κ3) is 3.18. The van der Waals surface area contributed by atoms with Crippen LogP contribution in [0.15, 0.2) is 0 Å². The fourth-order valence-electron chi connectivity index (χ4n) is 3.14. The molecular formula is C13H26N2. The average Bonchev–Trinajstić information content (AvgIpc) is 2.15. The molecule has 2 aliphatic heterocycles. The van der Waals surface area contributed by atoms with Crippen molar-refractivity contribution in [2.45, 2.75) is 58.5 Å². The van der Waals surface area contributed by atoms with Crippen LogP contribution < -0.4 is 10.6 Å². The van der Waals surface area contributed by atoms with Crippen molar-refractivity contribution in [3.8, 4) is 0 Å². The van der Waals surface area contributed by atoms with Crippen LogP contribution in [0.5, 0.6) is 0 Å². The minimum Gasteiger partial charge on any atom is -0.314 e. The zero-order valence-corrected chi connectivity index (χ0v) is 10.5. The monoisotopic (exact) mass is 210 g/mol. The van der Waals surface area contributed by atoms with Crippen LogP contribution in [0.2, 0.25) is 0 Å². The van der Waals surface area contributed by atoms with Gasteiger partial charge in [-0.15, -0.1) is 0 Å². The van der Waals surface area contributed by atoms with E-state index in [1.165, 1.54) is 38.8 Å². The summed E-state index contributed by atoms with van der Waals surface area (Å²) in [5, 5.41) is 7.43. The first kappa shape index (κ1) is 11.4. The van der Waals surface area contributed by atoms with Gasteiger partial charge >= 0.3 is 0 Å². The second-order valence-electron chi connectivity index (χ2n) is 6.57. The standard InChI is InChI=1S/C13H26N2/c1-13(2,3)8-11-7-12-10(9-15-11)5-4-6-14-12/h10-12,14-15H,4-9H2,1-3H3. The lowest BCUT2D eigenvalue weighted by atomic mass is 9.78. The number of piperidine rings is 2. The predicted octanol–water partition coefficient (Wildman–Crippen LogP) is 2.15. The van der Waals surface area contributed by atoms with Gasteiger partial charge in [0, 0.05) is 12.1 Å². The maximum absolute atomic E-state index is 3.73. The van der Waals surface area contributed by atoms with E-state index in [1.54, 1.807) is 0 Å². The quantitative estimate of drug-likeness (QED) is 0.693. The molecule has 0 aromatic rings. The Bertz CT molecular complexity index is 207. The van der Waals surface area contributed by atoms with Crippen molar-refractivity contribution in [1.29, 1.82) is 0 Å². The van der Waals surface area contributed by atoms with Gasteiger partial charge in [0.1, 0.15) is 0 Å². The summed E-state index contributed by atoms with van der Waals surface area (Å²) in [7, 11) is 0. The van der Waals surface area contributed by atoms with E-state index in [-0.39, 0.29) is 0 Å². The number of nitrogens with one attached hydrogen (secondary N) is 2. The third-order valence-corrected chi connectivity index (χ3v) is 3.79. The van der Waals surface area contributed by atoms with Crippen molar-refractivity contribution in [1.82, 2.24) is 10.6 Å². The van der Waals surface area contributed by atoms with Gasteiger partial charge in [0.15, 0.2) is 0 Å². The number of fused-ring (bicyclic) bond motifs is 1. The molecule has 88 valence electrons. The molecular weight excluding hydrogens is 184 g/mol. The van der Waals surface area contributed by atoms with E-state index in [9.17, 15) is 0 Å². The van der Waals surface area contributed by atoms with Crippen LogP contribution in [0.4, 0.5) is 0 Å². The van der Waals surface area contributed by atoms with Gasteiger partial charge in [-0.05, 0) is 50.1 Å². The van der Waals surface area contributed by atoms with Crippen LogP contribution >= 0.6 is 0 Å². The van der Waals surface area contributed by atoms with Crippen molar-refractivity contribution in [2.75, 3.05) is 13.1 Å². The highest BCUT2D eigenvalue weighted by Gasteiger charge is 2.33. The van der Waals surface area contributed by atoms with Crippen LogP contribution in [0.25, 0.3) is 0 Å². The van der Waals surface area contributed by atoms with E-state index in [0.717, 1.165) is 18.0 Å². The van der Waals surface area contributed by atoms with Gasteiger partial charge in [-0.2, -0.15) is 0 Å². The molecule has 0 aromatic carbocycles. The second kappa shape index (κ2) is 4.42. The SMILES string of the molecule is CC(C)(C)CC1CC2NCCCC2CN1. The smallest absolute Gasteiger partial charge is 0.0122 e. The molecule has 0 radical (unpaired) electrons. The molecule has 0 bridgehead atoms. The minimum atomic E-state index is 0.458. The Morgan fingerprint density at radius 3 is 2.73 bits per heavy atom. The predicted molar refractivity (Wildman–Crippen MR) is 65.0 cm³/mol. The van der Waals surface area contributed by atoms with Crippen LogP contribution in [-0.2, 0) is 0 Å². The van der Waals surface area contributed by atoms with Gasteiger partial charge in [-0.3, -0.25) is 0 Å². The Hall–Kier alpha value is -0.0800.